The van der Waals surface area contributed by atoms with Gasteiger partial charge in [0.25, 0.3) is 0 Å². The first-order valence-corrected chi connectivity index (χ1v) is 13.2. The van der Waals surface area contributed by atoms with E-state index in [0.717, 1.165) is 24.8 Å². The number of nitrogens with zero attached hydrogens (tertiary/aromatic N) is 1. The highest BCUT2D eigenvalue weighted by molar-refractivity contribution is 6.30. The Bertz CT molecular complexity index is 1120. The zero-order valence-corrected chi connectivity index (χ0v) is 22.5. The highest BCUT2D eigenvalue weighted by Crippen LogP contribution is 2.49. The van der Waals surface area contributed by atoms with E-state index in [1.807, 2.05) is 26.8 Å². The normalized spacial score (nSPS) is 20.8. The quantitative estimate of drug-likeness (QED) is 0.423. The van der Waals surface area contributed by atoms with Gasteiger partial charge in [-0.15, -0.1) is 0 Å². The van der Waals surface area contributed by atoms with Gasteiger partial charge in [0.15, 0.2) is 0 Å². The summed E-state index contributed by atoms with van der Waals surface area (Å²) in [7, 11) is 0. The lowest BCUT2D eigenvalue weighted by molar-refractivity contribution is -0.120. The molecular formula is C28H36ClF2N3O3. The number of nitrogens with one attached hydrogen (secondary N) is 2. The summed E-state index contributed by atoms with van der Waals surface area (Å²) >= 11 is 5.99. The van der Waals surface area contributed by atoms with E-state index < -0.39 is 29.5 Å². The third kappa shape index (κ3) is 6.59. The molecule has 1 aliphatic heterocycles. The Morgan fingerprint density at radius 2 is 2.03 bits per heavy atom. The minimum Gasteiger partial charge on any atom is -0.471 e. The molecular weight excluding hydrogens is 500 g/mol. The number of carbonyl (C=O) groups excluding carboxylic acids is 1. The van der Waals surface area contributed by atoms with Crippen molar-refractivity contribution in [3.05, 3.63) is 58.0 Å². The second kappa shape index (κ2) is 10.8. The zero-order valence-electron chi connectivity index (χ0n) is 21.8. The summed E-state index contributed by atoms with van der Waals surface area (Å²) in [6.07, 6.45) is 3.16. The molecule has 0 bridgehead atoms. The fourth-order valence-corrected chi connectivity index (χ4v) is 5.42. The van der Waals surface area contributed by atoms with E-state index in [0.29, 0.717) is 23.4 Å². The molecule has 1 aromatic heterocycles. The van der Waals surface area contributed by atoms with Crippen molar-refractivity contribution >= 4 is 17.5 Å². The summed E-state index contributed by atoms with van der Waals surface area (Å²) in [5.74, 6) is -0.289. The number of hydrogen-bond acceptors (Lipinski definition) is 5. The Balaban J connectivity index is 1.53. The molecule has 1 fully saturated rings. The van der Waals surface area contributed by atoms with Crippen molar-refractivity contribution in [3.63, 3.8) is 0 Å². The van der Waals surface area contributed by atoms with Crippen LogP contribution in [0.3, 0.4) is 0 Å². The number of alkyl halides is 1. The van der Waals surface area contributed by atoms with Crippen LogP contribution in [0.15, 0.2) is 30.5 Å². The Kier molecular flexibility index (Phi) is 8.12. The number of carbonyl (C=O) groups is 1. The maximum Gasteiger partial charge on any atom is 0.218 e. The van der Waals surface area contributed by atoms with E-state index in [1.165, 1.54) is 19.1 Å². The second-order valence-corrected chi connectivity index (χ2v) is 12.0. The van der Waals surface area contributed by atoms with Crippen molar-refractivity contribution in [2.75, 3.05) is 6.54 Å². The Labute approximate surface area is 222 Å². The maximum absolute atomic E-state index is 15.2. The molecule has 0 radical (unpaired) electrons. The van der Waals surface area contributed by atoms with Gasteiger partial charge in [0.05, 0.1) is 12.1 Å². The molecule has 1 aliphatic carbocycles. The third-order valence-electron chi connectivity index (χ3n) is 7.29. The highest BCUT2D eigenvalue weighted by atomic mass is 35.5. The van der Waals surface area contributed by atoms with Crippen LogP contribution in [-0.2, 0) is 11.2 Å². The van der Waals surface area contributed by atoms with Crippen LogP contribution < -0.4 is 15.4 Å². The van der Waals surface area contributed by atoms with Gasteiger partial charge in [-0.1, -0.05) is 32.4 Å². The van der Waals surface area contributed by atoms with Gasteiger partial charge in [-0.25, -0.2) is 13.8 Å². The predicted octanol–water partition coefficient (Wildman–Crippen LogP) is 5.38. The number of ether oxygens (including phenoxy) is 1. The fourth-order valence-electron chi connectivity index (χ4n) is 5.18. The van der Waals surface area contributed by atoms with Gasteiger partial charge in [0.2, 0.25) is 11.8 Å². The molecule has 2 heterocycles. The number of aromatic nitrogens is 1. The third-order valence-corrected chi connectivity index (χ3v) is 7.51. The lowest BCUT2D eigenvalue weighted by Gasteiger charge is -2.47. The Hall–Kier alpha value is -2.29. The average Bonchev–Trinajstić information content (AvgIpc) is 2.78. The lowest BCUT2D eigenvalue weighted by Crippen LogP contribution is -2.52. The van der Waals surface area contributed by atoms with Crippen LogP contribution in [0.25, 0.3) is 0 Å². The Morgan fingerprint density at radius 3 is 2.62 bits per heavy atom. The van der Waals surface area contributed by atoms with Crippen molar-refractivity contribution in [2.45, 2.75) is 89.8 Å². The molecule has 202 valence electrons. The SMILES string of the molecule is CC(=O)N[C@@H](Cc1cc(F)cc(Cl)c1)[C@H](O)CN[C@H]1CC2(CCC2)Oc2ncc([C@H](F)C(C)(C)C)cc21. The molecule has 1 aromatic carbocycles. The van der Waals surface area contributed by atoms with Crippen molar-refractivity contribution in [1.29, 1.82) is 0 Å². The molecule has 9 heteroatoms. The molecule has 1 saturated carbocycles. The van der Waals surface area contributed by atoms with Gasteiger partial charge in [-0.05, 0) is 60.9 Å². The number of pyridine rings is 1. The smallest absolute Gasteiger partial charge is 0.218 e. The first kappa shape index (κ1) is 27.7. The van der Waals surface area contributed by atoms with E-state index >= 15 is 4.39 Å². The molecule has 4 rings (SSSR count). The van der Waals surface area contributed by atoms with Crippen LogP contribution in [0.2, 0.25) is 5.02 Å². The molecule has 0 unspecified atom stereocenters. The fraction of sp³-hybridized carbons (Fsp3) is 0.571. The topological polar surface area (TPSA) is 83.5 Å². The largest absolute Gasteiger partial charge is 0.471 e. The molecule has 2 aromatic rings. The molecule has 3 N–H and O–H groups in total. The molecule has 1 amide bonds. The van der Waals surface area contributed by atoms with E-state index in [1.54, 1.807) is 12.3 Å². The standard InChI is InChI=1S/C28H36ClF2N3O3/c1-16(35)34-22(10-17-8-19(29)12-20(30)9-17)24(36)15-32-23-13-28(6-5-7-28)37-26-21(23)11-18(14-33-26)25(31)27(2,3)4/h8-9,11-12,14,22-25,32,36H,5-7,10,13,15H2,1-4H3,(H,34,35)/t22-,23-,24+,25-/m0/s1. The minimum atomic E-state index is -1.20. The average molecular weight is 536 g/mol. The second-order valence-electron chi connectivity index (χ2n) is 11.6. The molecule has 0 saturated heterocycles. The van der Waals surface area contributed by atoms with Crippen molar-refractivity contribution in [1.82, 2.24) is 15.6 Å². The summed E-state index contributed by atoms with van der Waals surface area (Å²) in [5.41, 5.74) is 0.940. The van der Waals surface area contributed by atoms with Gasteiger partial charge < -0.3 is 20.5 Å². The first-order chi connectivity index (χ1) is 17.3. The van der Waals surface area contributed by atoms with Crippen molar-refractivity contribution in [2.24, 2.45) is 5.41 Å². The maximum atomic E-state index is 15.2. The summed E-state index contributed by atoms with van der Waals surface area (Å²) in [6, 6.07) is 5.10. The van der Waals surface area contributed by atoms with E-state index in [2.05, 4.69) is 15.6 Å². The molecule has 37 heavy (non-hydrogen) atoms. The first-order valence-electron chi connectivity index (χ1n) is 12.8. The molecule has 6 nitrogen and oxygen atoms in total. The van der Waals surface area contributed by atoms with Gasteiger partial charge in [-0.3, -0.25) is 4.79 Å². The minimum absolute atomic E-state index is 0.150. The van der Waals surface area contributed by atoms with Gasteiger partial charge in [0.1, 0.15) is 17.6 Å². The van der Waals surface area contributed by atoms with Crippen LogP contribution in [0.4, 0.5) is 8.78 Å². The van der Waals surface area contributed by atoms with Crippen molar-refractivity contribution < 1.29 is 23.4 Å². The van der Waals surface area contributed by atoms with Gasteiger partial charge in [-0.2, -0.15) is 0 Å². The molecule has 4 atom stereocenters. The summed E-state index contributed by atoms with van der Waals surface area (Å²) in [5, 5.41) is 17.5. The van der Waals surface area contributed by atoms with Crippen LogP contribution in [-0.4, -0.2) is 40.3 Å². The van der Waals surface area contributed by atoms with Crippen LogP contribution in [0.5, 0.6) is 5.88 Å². The van der Waals surface area contributed by atoms with E-state index in [-0.39, 0.29) is 35.5 Å². The van der Waals surface area contributed by atoms with Crippen LogP contribution in [0, 0.1) is 11.2 Å². The number of amides is 1. The number of aliphatic hydroxyl groups excluding tert-OH is 1. The summed E-state index contributed by atoms with van der Waals surface area (Å²) < 4.78 is 35.3. The number of fused-ring (bicyclic) bond motifs is 1. The monoisotopic (exact) mass is 535 g/mol. The van der Waals surface area contributed by atoms with E-state index in [9.17, 15) is 14.3 Å². The zero-order chi connectivity index (χ0) is 27.0. The number of rotatable bonds is 8. The number of aliphatic hydroxyl groups is 1. The Morgan fingerprint density at radius 1 is 1.30 bits per heavy atom. The van der Waals surface area contributed by atoms with Gasteiger partial charge in [0, 0.05) is 48.3 Å². The summed E-state index contributed by atoms with van der Waals surface area (Å²) in [6.45, 7) is 7.05. The van der Waals surface area contributed by atoms with E-state index in [4.69, 9.17) is 16.3 Å². The van der Waals surface area contributed by atoms with Crippen molar-refractivity contribution in [3.8, 4) is 5.88 Å². The predicted molar refractivity (Wildman–Crippen MR) is 139 cm³/mol. The van der Waals surface area contributed by atoms with Crippen LogP contribution in [0.1, 0.15) is 82.3 Å². The lowest BCUT2D eigenvalue weighted by atomic mass is 9.73. The number of halogens is 3. The van der Waals surface area contributed by atoms with Gasteiger partial charge >= 0.3 is 0 Å². The number of hydrogen-bond donors (Lipinski definition) is 3. The van der Waals surface area contributed by atoms with Crippen LogP contribution >= 0.6 is 11.6 Å². The number of benzene rings is 1. The molecule has 2 aliphatic rings. The highest BCUT2D eigenvalue weighted by Gasteiger charge is 2.46. The summed E-state index contributed by atoms with van der Waals surface area (Å²) in [4.78, 5) is 16.3. The molecule has 1 spiro atoms.